The summed E-state index contributed by atoms with van der Waals surface area (Å²) in [4.78, 5) is 14.1. The van der Waals surface area contributed by atoms with Crippen molar-refractivity contribution in [1.82, 2.24) is 10.2 Å². The Balaban J connectivity index is 1.50. The highest BCUT2D eigenvalue weighted by molar-refractivity contribution is 7.92. The second kappa shape index (κ2) is 10.6. The molecule has 0 aliphatic rings. The van der Waals surface area contributed by atoms with Crippen molar-refractivity contribution in [1.29, 1.82) is 0 Å². The Hall–Kier alpha value is -4.25. The minimum absolute atomic E-state index is 0.00595. The first-order valence-corrected chi connectivity index (χ1v) is 13.2. The predicted octanol–water partition coefficient (Wildman–Crippen LogP) is 5.20. The van der Waals surface area contributed by atoms with Crippen LogP contribution in [-0.4, -0.2) is 45.3 Å². The zero-order valence-corrected chi connectivity index (χ0v) is 22.2. The van der Waals surface area contributed by atoms with Gasteiger partial charge in [-0.15, -0.1) is 10.2 Å². The summed E-state index contributed by atoms with van der Waals surface area (Å²) >= 11 is 0. The molecule has 0 spiro atoms. The minimum atomic E-state index is -3.95. The normalized spacial score (nSPS) is 11.7. The van der Waals surface area contributed by atoms with E-state index in [-0.39, 0.29) is 10.8 Å². The number of aromatic nitrogens is 2. The Labute approximate surface area is 220 Å². The average molecular weight is 538 g/mol. The number of hydrogen-bond donors (Lipinski definition) is 2. The summed E-state index contributed by atoms with van der Waals surface area (Å²) in [6.45, 7) is 2.19. The number of carbonyl (C=O) groups excluding carboxylic acids is 1. The summed E-state index contributed by atoms with van der Waals surface area (Å²) in [5.74, 6) is 0.0282. The maximum Gasteiger partial charge on any atom is 0.261 e. The molecule has 0 aliphatic heterocycles. The molecule has 38 heavy (non-hydrogen) atoms. The Morgan fingerprint density at radius 2 is 1.50 bits per heavy atom. The molecule has 0 radical (unpaired) electrons. The molecule has 4 aromatic rings. The molecule has 0 fully saturated rings. The maximum atomic E-state index is 13.1. The van der Waals surface area contributed by atoms with Crippen LogP contribution in [0, 0.1) is 5.41 Å². The number of nitrogens with zero attached hydrogens (tertiary/aromatic N) is 3. The molecule has 2 N–H and O–H groups in total. The van der Waals surface area contributed by atoms with E-state index in [9.17, 15) is 17.6 Å². The summed E-state index contributed by atoms with van der Waals surface area (Å²) in [6.07, 6.45) is 0. The van der Waals surface area contributed by atoms with Crippen LogP contribution in [0.15, 0.2) is 82.1 Å². The number of hydrogen-bond acceptors (Lipinski definition) is 7. The van der Waals surface area contributed by atoms with Gasteiger partial charge in [0.25, 0.3) is 10.0 Å². The van der Waals surface area contributed by atoms with E-state index in [1.54, 1.807) is 12.1 Å². The summed E-state index contributed by atoms with van der Waals surface area (Å²) in [6, 6.07) is 19.9. The lowest BCUT2D eigenvalue weighted by Gasteiger charge is -2.19. The highest BCUT2D eigenvalue weighted by Gasteiger charge is 2.27. The fourth-order valence-corrected chi connectivity index (χ4v) is 4.47. The Bertz CT molecular complexity index is 1550. The van der Waals surface area contributed by atoms with Crippen molar-refractivity contribution in [2.24, 2.45) is 5.41 Å². The van der Waals surface area contributed by atoms with Crippen molar-refractivity contribution in [3.63, 3.8) is 0 Å². The molecular formula is C27H28FN5O4S. The highest BCUT2D eigenvalue weighted by Crippen LogP contribution is 2.28. The van der Waals surface area contributed by atoms with E-state index in [1.807, 2.05) is 43.3 Å². The van der Waals surface area contributed by atoms with E-state index >= 15 is 0 Å². The number of rotatable bonds is 9. The van der Waals surface area contributed by atoms with Crippen LogP contribution < -0.4 is 14.9 Å². The third kappa shape index (κ3) is 6.00. The monoisotopic (exact) mass is 537 g/mol. The number of benzene rings is 3. The number of sulfonamides is 1. The quantitative estimate of drug-likeness (QED) is 0.301. The molecule has 9 nitrogen and oxygen atoms in total. The molecule has 4 rings (SSSR count). The summed E-state index contributed by atoms with van der Waals surface area (Å²) < 4.78 is 47.5. The molecule has 3 aromatic carbocycles. The molecule has 1 heterocycles. The van der Waals surface area contributed by atoms with Gasteiger partial charge in [0.15, 0.2) is 0 Å². The van der Waals surface area contributed by atoms with E-state index in [0.717, 1.165) is 11.3 Å². The Kier molecular flexibility index (Phi) is 7.49. The van der Waals surface area contributed by atoms with Gasteiger partial charge in [-0.3, -0.25) is 9.52 Å². The van der Waals surface area contributed by atoms with E-state index in [0.29, 0.717) is 22.8 Å². The molecule has 0 atom stereocenters. The van der Waals surface area contributed by atoms with Crippen LogP contribution in [0.5, 0.6) is 0 Å². The van der Waals surface area contributed by atoms with Gasteiger partial charge >= 0.3 is 0 Å². The smallest absolute Gasteiger partial charge is 0.261 e. The number of alkyl halides is 1. The van der Waals surface area contributed by atoms with Gasteiger partial charge in [0.1, 0.15) is 6.67 Å². The van der Waals surface area contributed by atoms with Crippen LogP contribution in [0.3, 0.4) is 0 Å². The summed E-state index contributed by atoms with van der Waals surface area (Å²) in [5.41, 5.74) is 1.71. The minimum Gasteiger partial charge on any atom is -0.416 e. The maximum absolute atomic E-state index is 13.1. The largest absolute Gasteiger partial charge is 0.416 e. The lowest BCUT2D eigenvalue weighted by molar-refractivity contribution is -0.124. The third-order valence-corrected chi connectivity index (χ3v) is 7.15. The number of nitrogens with one attached hydrogen (secondary N) is 2. The van der Waals surface area contributed by atoms with E-state index in [2.05, 4.69) is 20.2 Å². The topological polar surface area (TPSA) is 117 Å². The number of anilines is 3. The lowest BCUT2D eigenvalue weighted by atomic mass is 9.94. The SMILES string of the molecule is CN(C)c1cccc(-c2nnc(-c3cccc(S(=O)(=O)Nc4ccc(NC(=O)C(C)(C)CF)cc4)c3)o2)c1. The standard InChI is InChI=1S/C27H28FN5O4S/c1-27(2,17-28)26(34)29-20-11-13-21(14-12-20)32-38(35,36)23-10-6-8-19(16-23)25-31-30-24(37-25)18-7-5-9-22(15-18)33(3)4/h5-16,32H,17H2,1-4H3,(H,29,34). The van der Waals surface area contributed by atoms with E-state index in [1.165, 1.54) is 50.2 Å². The first-order chi connectivity index (χ1) is 18.0. The van der Waals surface area contributed by atoms with Gasteiger partial charge in [-0.05, 0) is 74.5 Å². The van der Waals surface area contributed by atoms with Crippen LogP contribution in [0.25, 0.3) is 22.9 Å². The summed E-state index contributed by atoms with van der Waals surface area (Å²) in [7, 11) is -0.0881. The van der Waals surface area contributed by atoms with Crippen LogP contribution in [-0.2, 0) is 14.8 Å². The zero-order chi connectivity index (χ0) is 27.5. The number of carbonyl (C=O) groups is 1. The van der Waals surface area contributed by atoms with Crippen molar-refractivity contribution in [3.05, 3.63) is 72.8 Å². The van der Waals surface area contributed by atoms with Crippen molar-refractivity contribution in [3.8, 4) is 22.9 Å². The van der Waals surface area contributed by atoms with Gasteiger partial charge in [-0.2, -0.15) is 0 Å². The number of halogens is 1. The molecule has 0 saturated carbocycles. The summed E-state index contributed by atoms with van der Waals surface area (Å²) in [5, 5.41) is 10.8. The van der Waals surface area contributed by atoms with Crippen LogP contribution in [0.1, 0.15) is 13.8 Å². The second-order valence-electron chi connectivity index (χ2n) is 9.54. The van der Waals surface area contributed by atoms with Gasteiger partial charge in [0.2, 0.25) is 17.7 Å². The van der Waals surface area contributed by atoms with E-state index < -0.39 is 28.0 Å². The molecule has 1 amide bonds. The lowest BCUT2D eigenvalue weighted by Crippen LogP contribution is -2.32. The molecular weight excluding hydrogens is 509 g/mol. The van der Waals surface area contributed by atoms with Gasteiger partial charge in [-0.25, -0.2) is 12.8 Å². The first kappa shape index (κ1) is 26.8. The van der Waals surface area contributed by atoms with Gasteiger partial charge in [-0.1, -0.05) is 12.1 Å². The third-order valence-electron chi connectivity index (χ3n) is 5.77. The van der Waals surface area contributed by atoms with Crippen molar-refractivity contribution < 1.29 is 22.0 Å². The molecule has 0 saturated heterocycles. The molecule has 0 aliphatic carbocycles. The van der Waals surface area contributed by atoms with Crippen molar-refractivity contribution >= 4 is 33.0 Å². The molecule has 198 valence electrons. The molecule has 1 aromatic heterocycles. The van der Waals surface area contributed by atoms with Crippen LogP contribution in [0.2, 0.25) is 0 Å². The second-order valence-corrected chi connectivity index (χ2v) is 11.2. The van der Waals surface area contributed by atoms with Gasteiger partial charge in [0.05, 0.1) is 10.3 Å². The zero-order valence-electron chi connectivity index (χ0n) is 21.4. The van der Waals surface area contributed by atoms with Crippen LogP contribution in [0.4, 0.5) is 21.5 Å². The van der Waals surface area contributed by atoms with E-state index in [4.69, 9.17) is 4.42 Å². The average Bonchev–Trinajstić information content (AvgIpc) is 3.40. The van der Waals surface area contributed by atoms with Crippen molar-refractivity contribution in [2.75, 3.05) is 35.7 Å². The number of amides is 1. The van der Waals surface area contributed by atoms with Crippen molar-refractivity contribution in [2.45, 2.75) is 18.7 Å². The molecule has 11 heteroatoms. The Morgan fingerprint density at radius 1 is 0.921 bits per heavy atom. The predicted molar refractivity (Wildman–Crippen MR) is 145 cm³/mol. The molecule has 0 unspecified atom stereocenters. The van der Waals surface area contributed by atoms with Crippen LogP contribution >= 0.6 is 0 Å². The fraction of sp³-hybridized carbons (Fsp3) is 0.222. The van der Waals surface area contributed by atoms with Gasteiger partial charge in [0, 0.05) is 42.3 Å². The first-order valence-electron chi connectivity index (χ1n) is 11.7. The highest BCUT2D eigenvalue weighted by atomic mass is 32.2. The fourth-order valence-electron chi connectivity index (χ4n) is 3.37. The Morgan fingerprint density at radius 3 is 2.11 bits per heavy atom. The molecule has 0 bridgehead atoms. The van der Waals surface area contributed by atoms with Gasteiger partial charge < -0.3 is 14.6 Å².